The van der Waals surface area contributed by atoms with Crippen molar-refractivity contribution in [2.75, 3.05) is 6.54 Å². The molecule has 0 saturated carbocycles. The van der Waals surface area contributed by atoms with Crippen LogP contribution in [0.15, 0.2) is 29.3 Å². The SMILES string of the molecule is C=NC(=O)C1C[C@@H](CCc2ccc(C)cc2)CCN1. The zero-order valence-corrected chi connectivity index (χ0v) is 11.6. The third-order valence-electron chi connectivity index (χ3n) is 3.93. The summed E-state index contributed by atoms with van der Waals surface area (Å²) in [4.78, 5) is 15.1. The number of hydrogen-bond acceptors (Lipinski definition) is 2. The highest BCUT2D eigenvalue weighted by Crippen LogP contribution is 2.22. The lowest BCUT2D eigenvalue weighted by Crippen LogP contribution is -2.42. The number of carbonyl (C=O) groups is 1. The van der Waals surface area contributed by atoms with Crippen molar-refractivity contribution in [2.45, 2.75) is 38.6 Å². The second-order valence-corrected chi connectivity index (χ2v) is 5.42. The molecule has 1 fully saturated rings. The first kappa shape index (κ1) is 13.9. The first-order chi connectivity index (χ1) is 9.19. The second kappa shape index (κ2) is 6.62. The van der Waals surface area contributed by atoms with Crippen molar-refractivity contribution >= 4 is 12.6 Å². The zero-order valence-electron chi connectivity index (χ0n) is 11.6. The van der Waals surface area contributed by atoms with E-state index in [9.17, 15) is 4.79 Å². The molecule has 0 aliphatic carbocycles. The van der Waals surface area contributed by atoms with E-state index in [2.05, 4.69) is 48.2 Å². The Kier molecular flexibility index (Phi) is 4.86. The summed E-state index contributed by atoms with van der Waals surface area (Å²) < 4.78 is 0. The number of nitrogens with one attached hydrogen (secondary N) is 1. The Balaban J connectivity index is 1.84. The number of aryl methyl sites for hydroxylation is 2. The van der Waals surface area contributed by atoms with Gasteiger partial charge in [0.2, 0.25) is 0 Å². The van der Waals surface area contributed by atoms with Crippen LogP contribution in [-0.4, -0.2) is 25.2 Å². The number of nitrogens with zero attached hydrogens (tertiary/aromatic N) is 1. The Labute approximate surface area is 115 Å². The summed E-state index contributed by atoms with van der Waals surface area (Å²) in [6.45, 7) is 6.34. The summed E-state index contributed by atoms with van der Waals surface area (Å²) in [6, 6.07) is 8.60. The minimum absolute atomic E-state index is 0.111. The Morgan fingerprint density at radius 3 is 2.84 bits per heavy atom. The van der Waals surface area contributed by atoms with E-state index in [-0.39, 0.29) is 11.9 Å². The van der Waals surface area contributed by atoms with Crippen LogP contribution in [0.25, 0.3) is 0 Å². The van der Waals surface area contributed by atoms with E-state index < -0.39 is 0 Å². The highest BCUT2D eigenvalue weighted by Gasteiger charge is 2.25. The maximum absolute atomic E-state index is 11.5. The molecule has 1 aromatic rings. The maximum Gasteiger partial charge on any atom is 0.262 e. The van der Waals surface area contributed by atoms with Crippen LogP contribution in [0, 0.1) is 12.8 Å². The number of aliphatic imine (C=N–C) groups is 1. The highest BCUT2D eigenvalue weighted by atomic mass is 16.1. The molecule has 1 unspecified atom stereocenters. The summed E-state index contributed by atoms with van der Waals surface area (Å²) in [5.74, 6) is 0.498. The molecule has 1 saturated heterocycles. The average Bonchev–Trinajstić information content (AvgIpc) is 2.46. The van der Waals surface area contributed by atoms with Crippen LogP contribution >= 0.6 is 0 Å². The number of hydrogen-bond donors (Lipinski definition) is 1. The molecule has 2 rings (SSSR count). The Hall–Kier alpha value is -1.48. The molecular formula is C16H22N2O. The molecule has 1 N–H and O–H groups in total. The van der Waals surface area contributed by atoms with Gasteiger partial charge in [-0.2, -0.15) is 0 Å². The van der Waals surface area contributed by atoms with Crippen molar-refractivity contribution in [3.63, 3.8) is 0 Å². The van der Waals surface area contributed by atoms with Crippen molar-refractivity contribution in [1.29, 1.82) is 0 Å². The van der Waals surface area contributed by atoms with Crippen molar-refractivity contribution in [3.05, 3.63) is 35.4 Å². The third-order valence-corrected chi connectivity index (χ3v) is 3.93. The molecule has 2 atom stereocenters. The van der Waals surface area contributed by atoms with Crippen LogP contribution < -0.4 is 5.32 Å². The lowest BCUT2D eigenvalue weighted by Gasteiger charge is -2.28. The van der Waals surface area contributed by atoms with Crippen molar-refractivity contribution in [2.24, 2.45) is 10.9 Å². The van der Waals surface area contributed by atoms with Gasteiger partial charge >= 0.3 is 0 Å². The highest BCUT2D eigenvalue weighted by molar-refractivity contribution is 5.85. The largest absolute Gasteiger partial charge is 0.306 e. The normalized spacial score (nSPS) is 23.0. The lowest BCUT2D eigenvalue weighted by molar-refractivity contribution is -0.120. The molecule has 0 aromatic heterocycles. The van der Waals surface area contributed by atoms with Crippen LogP contribution in [-0.2, 0) is 11.2 Å². The summed E-state index contributed by atoms with van der Waals surface area (Å²) >= 11 is 0. The van der Waals surface area contributed by atoms with Gasteiger partial charge in [0.25, 0.3) is 5.91 Å². The van der Waals surface area contributed by atoms with E-state index in [0.717, 1.165) is 32.2 Å². The Morgan fingerprint density at radius 1 is 1.42 bits per heavy atom. The molecule has 1 aliphatic heterocycles. The second-order valence-electron chi connectivity index (χ2n) is 5.42. The fourth-order valence-electron chi connectivity index (χ4n) is 2.68. The molecule has 3 nitrogen and oxygen atoms in total. The van der Waals surface area contributed by atoms with E-state index in [1.54, 1.807) is 0 Å². The third kappa shape index (κ3) is 4.00. The Bertz CT molecular complexity index is 439. The minimum Gasteiger partial charge on any atom is -0.306 e. The van der Waals surface area contributed by atoms with Crippen molar-refractivity contribution in [3.8, 4) is 0 Å². The fraction of sp³-hybridized carbons (Fsp3) is 0.500. The number of carbonyl (C=O) groups excluding carboxylic acids is 1. The van der Waals surface area contributed by atoms with E-state index >= 15 is 0 Å². The van der Waals surface area contributed by atoms with Gasteiger partial charge in [0.1, 0.15) is 0 Å². The number of rotatable bonds is 4. The van der Waals surface area contributed by atoms with Crippen LogP contribution in [0.4, 0.5) is 0 Å². The average molecular weight is 258 g/mol. The number of benzene rings is 1. The molecule has 0 spiro atoms. The summed E-state index contributed by atoms with van der Waals surface area (Å²) in [6.07, 6.45) is 4.27. The zero-order chi connectivity index (χ0) is 13.7. The molecule has 1 heterocycles. The topological polar surface area (TPSA) is 41.5 Å². The lowest BCUT2D eigenvalue weighted by atomic mass is 9.87. The van der Waals surface area contributed by atoms with Gasteiger partial charge in [0, 0.05) is 0 Å². The van der Waals surface area contributed by atoms with Crippen LogP contribution in [0.5, 0.6) is 0 Å². The van der Waals surface area contributed by atoms with Crippen LogP contribution in [0.2, 0.25) is 0 Å². The first-order valence-corrected chi connectivity index (χ1v) is 6.98. The molecule has 0 radical (unpaired) electrons. The van der Waals surface area contributed by atoms with Gasteiger partial charge in [-0.05, 0) is 57.4 Å². The molecule has 102 valence electrons. The first-order valence-electron chi connectivity index (χ1n) is 6.98. The summed E-state index contributed by atoms with van der Waals surface area (Å²) in [5, 5.41) is 3.22. The monoisotopic (exact) mass is 258 g/mol. The van der Waals surface area contributed by atoms with Gasteiger partial charge in [-0.25, -0.2) is 4.99 Å². The standard InChI is InChI=1S/C16H22N2O/c1-12-3-5-13(6-4-12)7-8-14-9-10-18-15(11-14)16(19)17-2/h3-6,14-15,18H,2,7-11H2,1H3/t14-,15?/m0/s1. The predicted molar refractivity (Wildman–Crippen MR) is 78.6 cm³/mol. The molecule has 1 aromatic carbocycles. The number of amides is 1. The van der Waals surface area contributed by atoms with E-state index in [1.165, 1.54) is 11.1 Å². The van der Waals surface area contributed by atoms with Gasteiger partial charge in [0.05, 0.1) is 6.04 Å². The Morgan fingerprint density at radius 2 is 2.16 bits per heavy atom. The van der Waals surface area contributed by atoms with Crippen molar-refractivity contribution in [1.82, 2.24) is 5.32 Å². The maximum atomic E-state index is 11.5. The molecule has 19 heavy (non-hydrogen) atoms. The smallest absolute Gasteiger partial charge is 0.262 e. The van der Waals surface area contributed by atoms with E-state index in [1.807, 2.05) is 0 Å². The van der Waals surface area contributed by atoms with Gasteiger partial charge in [-0.15, -0.1) is 0 Å². The molecule has 3 heteroatoms. The molecule has 0 bridgehead atoms. The summed E-state index contributed by atoms with van der Waals surface area (Å²) in [7, 11) is 0. The van der Waals surface area contributed by atoms with E-state index in [0.29, 0.717) is 5.92 Å². The fourth-order valence-corrected chi connectivity index (χ4v) is 2.68. The minimum atomic E-state index is -0.116. The molecule has 1 amide bonds. The van der Waals surface area contributed by atoms with Gasteiger partial charge in [-0.1, -0.05) is 29.8 Å². The van der Waals surface area contributed by atoms with Gasteiger partial charge < -0.3 is 5.32 Å². The van der Waals surface area contributed by atoms with Gasteiger partial charge in [0.15, 0.2) is 0 Å². The van der Waals surface area contributed by atoms with E-state index in [4.69, 9.17) is 0 Å². The summed E-state index contributed by atoms with van der Waals surface area (Å²) in [5.41, 5.74) is 2.68. The van der Waals surface area contributed by atoms with Gasteiger partial charge in [-0.3, -0.25) is 4.79 Å². The molecule has 1 aliphatic rings. The predicted octanol–water partition coefficient (Wildman–Crippen LogP) is 2.52. The van der Waals surface area contributed by atoms with Crippen molar-refractivity contribution < 1.29 is 4.79 Å². The number of piperidine rings is 1. The quantitative estimate of drug-likeness (QED) is 0.843. The van der Waals surface area contributed by atoms with Crippen LogP contribution in [0.3, 0.4) is 0 Å². The van der Waals surface area contributed by atoms with Crippen LogP contribution in [0.1, 0.15) is 30.4 Å². The molecular weight excluding hydrogens is 236 g/mol.